The van der Waals surface area contributed by atoms with E-state index in [0.717, 1.165) is 11.4 Å². The SMILES string of the molecule is Cc1c(C(=O)Nc2cccc(CC(=O)O)c2)cnn1-c1ccccc1. The summed E-state index contributed by atoms with van der Waals surface area (Å²) in [5.41, 5.74) is 3.25. The summed E-state index contributed by atoms with van der Waals surface area (Å²) in [6.45, 7) is 1.83. The van der Waals surface area contributed by atoms with E-state index in [4.69, 9.17) is 5.11 Å². The minimum absolute atomic E-state index is 0.0886. The number of para-hydroxylation sites is 1. The number of rotatable bonds is 5. The Morgan fingerprint density at radius 2 is 1.88 bits per heavy atom. The van der Waals surface area contributed by atoms with Gasteiger partial charge in [0.25, 0.3) is 5.91 Å². The molecule has 0 saturated heterocycles. The van der Waals surface area contributed by atoms with Gasteiger partial charge < -0.3 is 10.4 Å². The van der Waals surface area contributed by atoms with Crippen LogP contribution < -0.4 is 5.32 Å². The molecule has 25 heavy (non-hydrogen) atoms. The lowest BCUT2D eigenvalue weighted by molar-refractivity contribution is -0.136. The number of anilines is 1. The molecular formula is C19H17N3O3. The molecule has 0 unspecified atom stereocenters. The Hall–Kier alpha value is -3.41. The van der Waals surface area contributed by atoms with E-state index in [1.807, 2.05) is 37.3 Å². The molecular weight excluding hydrogens is 318 g/mol. The van der Waals surface area contributed by atoms with Crippen LogP contribution in [0.15, 0.2) is 60.8 Å². The first-order chi connectivity index (χ1) is 12.0. The number of carbonyl (C=O) groups excluding carboxylic acids is 1. The van der Waals surface area contributed by atoms with Crippen LogP contribution in [0.2, 0.25) is 0 Å². The van der Waals surface area contributed by atoms with Crippen molar-refractivity contribution in [1.29, 1.82) is 0 Å². The monoisotopic (exact) mass is 335 g/mol. The van der Waals surface area contributed by atoms with Gasteiger partial charge in [-0.1, -0.05) is 30.3 Å². The van der Waals surface area contributed by atoms with E-state index in [1.54, 1.807) is 28.9 Å². The number of carboxylic acids is 1. The van der Waals surface area contributed by atoms with Gasteiger partial charge in [0, 0.05) is 5.69 Å². The van der Waals surface area contributed by atoms with Crippen molar-refractivity contribution in [2.24, 2.45) is 0 Å². The molecule has 6 heteroatoms. The smallest absolute Gasteiger partial charge is 0.307 e. The quantitative estimate of drug-likeness (QED) is 0.750. The molecule has 6 nitrogen and oxygen atoms in total. The van der Waals surface area contributed by atoms with Gasteiger partial charge in [-0.3, -0.25) is 9.59 Å². The number of aromatic nitrogens is 2. The van der Waals surface area contributed by atoms with Crippen molar-refractivity contribution < 1.29 is 14.7 Å². The lowest BCUT2D eigenvalue weighted by Crippen LogP contribution is -2.13. The van der Waals surface area contributed by atoms with Gasteiger partial charge in [-0.15, -0.1) is 0 Å². The van der Waals surface area contributed by atoms with Crippen LogP contribution in [-0.4, -0.2) is 26.8 Å². The first-order valence-corrected chi connectivity index (χ1v) is 7.77. The minimum atomic E-state index is -0.913. The summed E-state index contributed by atoms with van der Waals surface area (Å²) in [7, 11) is 0. The zero-order valence-corrected chi connectivity index (χ0v) is 13.6. The number of nitrogens with one attached hydrogen (secondary N) is 1. The van der Waals surface area contributed by atoms with Crippen LogP contribution in [0, 0.1) is 6.92 Å². The first kappa shape index (κ1) is 16.4. The van der Waals surface area contributed by atoms with Gasteiger partial charge in [-0.2, -0.15) is 5.10 Å². The molecule has 3 aromatic rings. The average molecular weight is 335 g/mol. The van der Waals surface area contributed by atoms with Crippen LogP contribution in [0.3, 0.4) is 0 Å². The van der Waals surface area contributed by atoms with Crippen LogP contribution in [0.1, 0.15) is 21.6 Å². The lowest BCUT2D eigenvalue weighted by atomic mass is 10.1. The fourth-order valence-corrected chi connectivity index (χ4v) is 2.59. The van der Waals surface area contributed by atoms with E-state index in [9.17, 15) is 9.59 Å². The van der Waals surface area contributed by atoms with Crippen LogP contribution in [0.4, 0.5) is 5.69 Å². The van der Waals surface area contributed by atoms with Gasteiger partial charge in [-0.25, -0.2) is 4.68 Å². The highest BCUT2D eigenvalue weighted by atomic mass is 16.4. The molecule has 0 aliphatic carbocycles. The van der Waals surface area contributed by atoms with Crippen LogP contribution >= 0.6 is 0 Å². The molecule has 0 fully saturated rings. The number of hydrogen-bond donors (Lipinski definition) is 2. The summed E-state index contributed by atoms with van der Waals surface area (Å²) in [6, 6.07) is 16.4. The van der Waals surface area contributed by atoms with Gasteiger partial charge >= 0.3 is 5.97 Å². The fourth-order valence-electron chi connectivity index (χ4n) is 2.59. The van der Waals surface area contributed by atoms with Gasteiger partial charge in [0.05, 0.1) is 29.6 Å². The summed E-state index contributed by atoms with van der Waals surface area (Å²) in [6.07, 6.45) is 1.44. The molecule has 2 aromatic carbocycles. The highest BCUT2D eigenvalue weighted by Crippen LogP contribution is 2.17. The van der Waals surface area contributed by atoms with Crippen LogP contribution in [0.5, 0.6) is 0 Å². The predicted octanol–water partition coefficient (Wildman–Crippen LogP) is 3.06. The Morgan fingerprint density at radius 1 is 1.12 bits per heavy atom. The van der Waals surface area contributed by atoms with Crippen molar-refractivity contribution in [3.8, 4) is 5.69 Å². The molecule has 0 bridgehead atoms. The van der Waals surface area contributed by atoms with E-state index < -0.39 is 5.97 Å². The maximum Gasteiger partial charge on any atom is 0.307 e. The largest absolute Gasteiger partial charge is 0.481 e. The topological polar surface area (TPSA) is 84.2 Å². The Bertz CT molecular complexity index is 917. The Kier molecular flexibility index (Phi) is 4.61. The standard InChI is InChI=1S/C19H17N3O3/c1-13-17(12-20-22(13)16-8-3-2-4-9-16)19(25)21-15-7-5-6-14(10-15)11-18(23)24/h2-10,12H,11H2,1H3,(H,21,25)(H,23,24). The van der Waals surface area contributed by atoms with E-state index in [1.165, 1.54) is 6.20 Å². The number of benzene rings is 2. The van der Waals surface area contributed by atoms with Crippen molar-refractivity contribution >= 4 is 17.6 Å². The summed E-state index contributed by atoms with van der Waals surface area (Å²) in [4.78, 5) is 23.3. The molecule has 3 rings (SSSR count). The maximum atomic E-state index is 12.5. The second-order valence-corrected chi connectivity index (χ2v) is 5.62. The van der Waals surface area contributed by atoms with Gasteiger partial charge in [0.1, 0.15) is 0 Å². The van der Waals surface area contributed by atoms with Crippen LogP contribution in [0.25, 0.3) is 5.69 Å². The number of carboxylic acid groups (broad SMARTS) is 1. The number of aliphatic carboxylic acids is 1. The molecule has 1 aromatic heterocycles. The van der Waals surface area contributed by atoms with E-state index >= 15 is 0 Å². The van der Waals surface area contributed by atoms with E-state index in [0.29, 0.717) is 16.8 Å². The van der Waals surface area contributed by atoms with Crippen molar-refractivity contribution in [3.63, 3.8) is 0 Å². The molecule has 0 atom stereocenters. The van der Waals surface area contributed by atoms with E-state index in [2.05, 4.69) is 10.4 Å². The zero-order valence-electron chi connectivity index (χ0n) is 13.6. The van der Waals surface area contributed by atoms with Gasteiger partial charge in [0.15, 0.2) is 0 Å². The highest BCUT2D eigenvalue weighted by Gasteiger charge is 2.15. The summed E-state index contributed by atoms with van der Waals surface area (Å²) in [5.74, 6) is -1.20. The molecule has 0 saturated carbocycles. The summed E-state index contributed by atoms with van der Waals surface area (Å²) >= 11 is 0. The highest BCUT2D eigenvalue weighted by molar-refractivity contribution is 6.05. The number of hydrogen-bond acceptors (Lipinski definition) is 3. The number of amides is 1. The Labute approximate surface area is 144 Å². The normalized spacial score (nSPS) is 10.4. The molecule has 0 aliphatic rings. The Morgan fingerprint density at radius 3 is 2.60 bits per heavy atom. The zero-order chi connectivity index (χ0) is 17.8. The molecule has 0 aliphatic heterocycles. The minimum Gasteiger partial charge on any atom is -0.481 e. The van der Waals surface area contributed by atoms with Crippen molar-refractivity contribution in [1.82, 2.24) is 9.78 Å². The average Bonchev–Trinajstić information content (AvgIpc) is 2.97. The molecule has 126 valence electrons. The van der Waals surface area contributed by atoms with Crippen molar-refractivity contribution in [2.45, 2.75) is 13.3 Å². The third-order valence-corrected chi connectivity index (χ3v) is 3.80. The number of nitrogens with zero attached hydrogens (tertiary/aromatic N) is 2. The number of carbonyl (C=O) groups is 2. The molecule has 0 radical (unpaired) electrons. The molecule has 1 heterocycles. The van der Waals surface area contributed by atoms with Crippen molar-refractivity contribution in [2.75, 3.05) is 5.32 Å². The van der Waals surface area contributed by atoms with Crippen LogP contribution in [-0.2, 0) is 11.2 Å². The van der Waals surface area contributed by atoms with Gasteiger partial charge in [-0.05, 0) is 36.8 Å². The Balaban J connectivity index is 1.81. The predicted molar refractivity (Wildman–Crippen MR) is 94.0 cm³/mol. The summed E-state index contributed by atoms with van der Waals surface area (Å²) in [5, 5.41) is 15.9. The first-order valence-electron chi connectivity index (χ1n) is 7.77. The maximum absolute atomic E-state index is 12.5. The molecule has 0 spiro atoms. The third-order valence-electron chi connectivity index (χ3n) is 3.80. The lowest BCUT2D eigenvalue weighted by Gasteiger charge is -2.07. The second-order valence-electron chi connectivity index (χ2n) is 5.62. The molecule has 2 N–H and O–H groups in total. The molecule has 1 amide bonds. The van der Waals surface area contributed by atoms with Gasteiger partial charge in [0.2, 0.25) is 0 Å². The summed E-state index contributed by atoms with van der Waals surface area (Å²) < 4.78 is 1.70. The second kappa shape index (κ2) is 7.00. The third kappa shape index (κ3) is 3.74. The van der Waals surface area contributed by atoms with E-state index in [-0.39, 0.29) is 12.3 Å². The van der Waals surface area contributed by atoms with Crippen molar-refractivity contribution in [3.05, 3.63) is 77.6 Å². The fraction of sp³-hybridized carbons (Fsp3) is 0.105.